The molecule has 0 saturated carbocycles. The number of fused-ring (bicyclic) bond motifs is 2. The van der Waals surface area contributed by atoms with E-state index in [1.165, 1.54) is 25.3 Å². The van der Waals surface area contributed by atoms with Gasteiger partial charge in [-0.25, -0.2) is 4.39 Å². The minimum Gasteiger partial charge on any atom is -0.496 e. The summed E-state index contributed by atoms with van der Waals surface area (Å²) in [4.78, 5) is 25.2. The van der Waals surface area contributed by atoms with Crippen molar-refractivity contribution < 1.29 is 18.7 Å². The SMILES string of the molecule is COc1ccc(F)cc1[C@H]1NC(=O)CC[C@]12C(=O)Nc1cc(Cl)ccc12.Clc1ccccc1. The molecule has 0 aromatic heterocycles. The zero-order chi connectivity index (χ0) is 23.6. The summed E-state index contributed by atoms with van der Waals surface area (Å²) in [7, 11) is 1.47. The summed E-state index contributed by atoms with van der Waals surface area (Å²) >= 11 is 11.6. The molecule has 33 heavy (non-hydrogen) atoms. The highest BCUT2D eigenvalue weighted by atomic mass is 35.5. The number of methoxy groups -OCH3 is 1. The summed E-state index contributed by atoms with van der Waals surface area (Å²) in [6, 6.07) is 17.9. The van der Waals surface area contributed by atoms with E-state index in [2.05, 4.69) is 10.6 Å². The van der Waals surface area contributed by atoms with Crippen LogP contribution in [-0.4, -0.2) is 18.9 Å². The standard InChI is InChI=1S/C19H16ClFN2O3.C6H5Cl/c1-26-15-5-3-11(21)9-12(15)17-19(7-6-16(24)23-17)13-4-2-10(20)8-14(13)22-18(19)25;7-6-4-2-1-3-5-6/h2-5,8-9,17H,6-7H2,1H3,(H,22,25)(H,23,24);1-5H/t17-,19-;/m1./s1. The van der Waals surface area contributed by atoms with Crippen molar-refractivity contribution in [3.63, 3.8) is 0 Å². The van der Waals surface area contributed by atoms with E-state index in [9.17, 15) is 14.0 Å². The molecule has 8 heteroatoms. The molecule has 2 aliphatic rings. The third kappa shape index (κ3) is 4.41. The van der Waals surface area contributed by atoms with E-state index in [0.29, 0.717) is 28.4 Å². The number of rotatable bonds is 2. The van der Waals surface area contributed by atoms with E-state index in [1.54, 1.807) is 18.2 Å². The number of hydrogen-bond acceptors (Lipinski definition) is 3. The number of nitrogens with one attached hydrogen (secondary N) is 2. The Morgan fingerprint density at radius 2 is 1.76 bits per heavy atom. The Balaban J connectivity index is 0.000000318. The van der Waals surface area contributed by atoms with Gasteiger partial charge in [-0.05, 0) is 54.4 Å². The molecule has 5 nitrogen and oxygen atoms in total. The fourth-order valence-electron chi connectivity index (χ4n) is 4.40. The fraction of sp³-hybridized carbons (Fsp3) is 0.200. The van der Waals surface area contributed by atoms with Gasteiger partial charge in [-0.15, -0.1) is 0 Å². The molecule has 2 aliphatic heterocycles. The molecule has 2 N–H and O–H groups in total. The zero-order valence-electron chi connectivity index (χ0n) is 17.7. The van der Waals surface area contributed by atoms with E-state index < -0.39 is 17.3 Å². The molecule has 1 spiro atoms. The first-order chi connectivity index (χ1) is 15.8. The van der Waals surface area contributed by atoms with Crippen LogP contribution in [0.1, 0.15) is 30.0 Å². The highest BCUT2D eigenvalue weighted by molar-refractivity contribution is 6.31. The van der Waals surface area contributed by atoms with Crippen molar-refractivity contribution in [2.75, 3.05) is 12.4 Å². The van der Waals surface area contributed by atoms with E-state index in [0.717, 1.165) is 10.6 Å². The molecular weight excluding hydrogens is 466 g/mol. The molecule has 3 aromatic carbocycles. The van der Waals surface area contributed by atoms with Gasteiger partial charge in [0, 0.05) is 27.7 Å². The maximum atomic E-state index is 14.0. The smallest absolute Gasteiger partial charge is 0.237 e. The van der Waals surface area contributed by atoms with Crippen LogP contribution in [-0.2, 0) is 15.0 Å². The van der Waals surface area contributed by atoms with E-state index in [1.807, 2.05) is 30.3 Å². The van der Waals surface area contributed by atoms with Crippen LogP contribution in [0.15, 0.2) is 66.7 Å². The van der Waals surface area contributed by atoms with Gasteiger partial charge in [0.1, 0.15) is 17.0 Å². The van der Waals surface area contributed by atoms with E-state index >= 15 is 0 Å². The van der Waals surface area contributed by atoms with Gasteiger partial charge in [0.2, 0.25) is 11.8 Å². The monoisotopic (exact) mass is 486 g/mol. The summed E-state index contributed by atoms with van der Waals surface area (Å²) in [6.45, 7) is 0. The van der Waals surface area contributed by atoms with Crippen LogP contribution >= 0.6 is 23.2 Å². The van der Waals surface area contributed by atoms with Gasteiger partial charge >= 0.3 is 0 Å². The largest absolute Gasteiger partial charge is 0.496 e. The quantitative estimate of drug-likeness (QED) is 0.490. The normalized spacial score (nSPS) is 20.9. The molecule has 1 fully saturated rings. The number of carbonyl (C=O) groups is 2. The zero-order valence-corrected chi connectivity index (χ0v) is 19.2. The number of hydrogen-bond donors (Lipinski definition) is 2. The maximum absolute atomic E-state index is 14.0. The molecule has 0 radical (unpaired) electrons. The lowest BCUT2D eigenvalue weighted by molar-refractivity contribution is -0.130. The number of piperidine rings is 1. The van der Waals surface area contributed by atoms with Crippen molar-refractivity contribution in [1.29, 1.82) is 0 Å². The minimum absolute atomic E-state index is 0.192. The summed E-state index contributed by atoms with van der Waals surface area (Å²) in [5.74, 6) is -0.494. The van der Waals surface area contributed by atoms with Crippen molar-refractivity contribution >= 4 is 40.7 Å². The lowest BCUT2D eigenvalue weighted by atomic mass is 9.67. The topological polar surface area (TPSA) is 67.4 Å². The lowest BCUT2D eigenvalue weighted by Gasteiger charge is -2.40. The average Bonchev–Trinajstić information content (AvgIpc) is 3.07. The second-order valence-corrected chi connectivity index (χ2v) is 8.67. The lowest BCUT2D eigenvalue weighted by Crippen LogP contribution is -2.52. The second-order valence-electron chi connectivity index (χ2n) is 7.80. The van der Waals surface area contributed by atoms with E-state index in [4.69, 9.17) is 27.9 Å². The first-order valence-corrected chi connectivity index (χ1v) is 11.1. The number of halogens is 3. The van der Waals surface area contributed by atoms with Crippen LogP contribution in [0.5, 0.6) is 5.75 Å². The first kappa shape index (κ1) is 23.1. The van der Waals surface area contributed by atoms with Crippen LogP contribution in [0.25, 0.3) is 0 Å². The third-order valence-electron chi connectivity index (χ3n) is 5.90. The van der Waals surface area contributed by atoms with Gasteiger partial charge in [0.15, 0.2) is 0 Å². The van der Waals surface area contributed by atoms with Gasteiger partial charge in [-0.2, -0.15) is 0 Å². The molecule has 0 bridgehead atoms. The molecule has 2 atom stereocenters. The number of carbonyl (C=O) groups excluding carboxylic acids is 2. The predicted octanol–water partition coefficient (Wildman–Crippen LogP) is 5.67. The van der Waals surface area contributed by atoms with Crippen molar-refractivity contribution in [1.82, 2.24) is 5.32 Å². The minimum atomic E-state index is -1.05. The highest BCUT2D eigenvalue weighted by Gasteiger charge is 2.56. The second kappa shape index (κ2) is 9.41. The molecule has 170 valence electrons. The number of anilines is 1. The summed E-state index contributed by atoms with van der Waals surface area (Å²) in [6.07, 6.45) is 0.507. The Labute approximate surface area is 200 Å². The van der Waals surface area contributed by atoms with Crippen molar-refractivity contribution in [3.8, 4) is 5.75 Å². The Morgan fingerprint density at radius 3 is 2.42 bits per heavy atom. The fourth-order valence-corrected chi connectivity index (χ4v) is 4.72. The van der Waals surface area contributed by atoms with Crippen molar-refractivity contribution in [2.45, 2.75) is 24.3 Å². The Kier molecular flexibility index (Phi) is 6.58. The van der Waals surface area contributed by atoms with Crippen LogP contribution in [0.4, 0.5) is 10.1 Å². The Hall–Kier alpha value is -3.09. The molecule has 1 saturated heterocycles. The average molecular weight is 487 g/mol. The highest BCUT2D eigenvalue weighted by Crippen LogP contribution is 2.52. The Bertz CT molecular complexity index is 1210. The van der Waals surface area contributed by atoms with Gasteiger partial charge in [0.05, 0.1) is 13.2 Å². The molecule has 0 aliphatic carbocycles. The third-order valence-corrected chi connectivity index (χ3v) is 6.38. The summed E-state index contributed by atoms with van der Waals surface area (Å²) < 4.78 is 19.3. The maximum Gasteiger partial charge on any atom is 0.237 e. The van der Waals surface area contributed by atoms with Gasteiger partial charge < -0.3 is 15.4 Å². The molecule has 2 heterocycles. The predicted molar refractivity (Wildman–Crippen MR) is 126 cm³/mol. The van der Waals surface area contributed by atoms with Gasteiger partial charge in [0.25, 0.3) is 0 Å². The number of ether oxygens (including phenoxy) is 1. The van der Waals surface area contributed by atoms with Gasteiger partial charge in [-0.3, -0.25) is 9.59 Å². The molecule has 2 amide bonds. The summed E-state index contributed by atoms with van der Waals surface area (Å²) in [5, 5.41) is 7.02. The molecular formula is C25H21Cl2FN2O3. The molecule has 5 rings (SSSR count). The molecule has 0 unspecified atom stereocenters. The number of amides is 2. The van der Waals surface area contributed by atoms with Crippen LogP contribution in [0.2, 0.25) is 10.0 Å². The van der Waals surface area contributed by atoms with Crippen molar-refractivity contribution in [2.24, 2.45) is 0 Å². The van der Waals surface area contributed by atoms with Crippen LogP contribution < -0.4 is 15.4 Å². The summed E-state index contributed by atoms with van der Waals surface area (Å²) in [5.41, 5.74) is 0.732. The van der Waals surface area contributed by atoms with Gasteiger partial charge in [-0.1, -0.05) is 47.5 Å². The molecule has 3 aromatic rings. The first-order valence-electron chi connectivity index (χ1n) is 10.3. The Morgan fingerprint density at radius 1 is 1.00 bits per heavy atom. The van der Waals surface area contributed by atoms with Crippen molar-refractivity contribution in [3.05, 3.63) is 93.7 Å². The van der Waals surface area contributed by atoms with E-state index in [-0.39, 0.29) is 18.2 Å². The van der Waals surface area contributed by atoms with Crippen LogP contribution in [0.3, 0.4) is 0 Å². The van der Waals surface area contributed by atoms with Crippen LogP contribution in [0, 0.1) is 5.82 Å². The number of benzene rings is 3.